The Labute approximate surface area is 106 Å². The molecule has 0 radical (unpaired) electrons. The minimum Gasteiger partial charge on any atom is -0.374 e. The maximum atomic E-state index is 6.02. The highest BCUT2D eigenvalue weighted by Gasteiger charge is 2.34. The molecule has 0 bridgehead atoms. The molecule has 100 valence electrons. The van der Waals surface area contributed by atoms with Gasteiger partial charge in [0.15, 0.2) is 0 Å². The Kier molecular flexibility index (Phi) is 4.83. The van der Waals surface area contributed by atoms with E-state index in [4.69, 9.17) is 10.5 Å². The number of rotatable bonds is 7. The molecule has 3 nitrogen and oxygen atoms in total. The van der Waals surface area contributed by atoms with Crippen LogP contribution in [-0.2, 0) is 4.74 Å². The molecule has 2 N–H and O–H groups in total. The molecule has 1 heterocycles. The molecule has 0 aromatic heterocycles. The van der Waals surface area contributed by atoms with E-state index >= 15 is 0 Å². The van der Waals surface area contributed by atoms with Crippen LogP contribution >= 0.6 is 0 Å². The lowest BCUT2D eigenvalue weighted by Crippen LogP contribution is -2.49. The van der Waals surface area contributed by atoms with Crippen molar-refractivity contribution in [2.45, 2.75) is 64.2 Å². The van der Waals surface area contributed by atoms with E-state index in [1.54, 1.807) is 0 Å². The summed E-state index contributed by atoms with van der Waals surface area (Å²) >= 11 is 0. The largest absolute Gasteiger partial charge is 0.374 e. The van der Waals surface area contributed by atoms with Gasteiger partial charge in [-0.2, -0.15) is 0 Å². The minimum atomic E-state index is 0.375. The van der Waals surface area contributed by atoms with Crippen molar-refractivity contribution < 1.29 is 4.74 Å². The molecule has 2 fully saturated rings. The number of nitrogens with zero attached hydrogens (tertiary/aromatic N) is 1. The number of hydrogen-bond acceptors (Lipinski definition) is 3. The molecule has 0 spiro atoms. The first-order chi connectivity index (χ1) is 8.24. The van der Waals surface area contributed by atoms with E-state index in [1.807, 2.05) is 0 Å². The minimum absolute atomic E-state index is 0.375. The van der Waals surface area contributed by atoms with Crippen LogP contribution in [0.3, 0.4) is 0 Å². The summed E-state index contributed by atoms with van der Waals surface area (Å²) in [5, 5.41) is 0. The van der Waals surface area contributed by atoms with Gasteiger partial charge in [-0.05, 0) is 51.5 Å². The molecule has 1 aliphatic carbocycles. The first kappa shape index (κ1) is 13.3. The topological polar surface area (TPSA) is 38.5 Å². The SMILES string of the molecule is CCCN(CC1CC1)C(CN)C1CCC(C)O1. The fraction of sp³-hybridized carbons (Fsp3) is 1.00. The van der Waals surface area contributed by atoms with Crippen molar-refractivity contribution in [1.82, 2.24) is 4.90 Å². The van der Waals surface area contributed by atoms with E-state index in [0.29, 0.717) is 18.2 Å². The van der Waals surface area contributed by atoms with Crippen LogP contribution in [0.2, 0.25) is 0 Å². The predicted octanol–water partition coefficient (Wildman–Crippen LogP) is 2.00. The molecular formula is C14H28N2O. The van der Waals surface area contributed by atoms with E-state index in [9.17, 15) is 0 Å². The highest BCUT2D eigenvalue weighted by atomic mass is 16.5. The summed E-state index contributed by atoms with van der Waals surface area (Å²) in [4.78, 5) is 2.60. The average molecular weight is 240 g/mol. The molecule has 3 heteroatoms. The van der Waals surface area contributed by atoms with Gasteiger partial charge in [-0.25, -0.2) is 0 Å². The van der Waals surface area contributed by atoms with Crippen molar-refractivity contribution in [3.8, 4) is 0 Å². The maximum Gasteiger partial charge on any atom is 0.0747 e. The zero-order chi connectivity index (χ0) is 12.3. The number of ether oxygens (including phenoxy) is 1. The van der Waals surface area contributed by atoms with E-state index in [0.717, 1.165) is 12.5 Å². The molecule has 17 heavy (non-hydrogen) atoms. The van der Waals surface area contributed by atoms with Gasteiger partial charge in [0.2, 0.25) is 0 Å². The quantitative estimate of drug-likeness (QED) is 0.740. The molecular weight excluding hydrogens is 212 g/mol. The highest BCUT2D eigenvalue weighted by Crippen LogP contribution is 2.32. The third kappa shape index (κ3) is 3.67. The Morgan fingerprint density at radius 2 is 2.06 bits per heavy atom. The summed E-state index contributed by atoms with van der Waals surface area (Å²) in [6.45, 7) is 7.59. The monoisotopic (exact) mass is 240 g/mol. The van der Waals surface area contributed by atoms with Crippen LogP contribution in [0.5, 0.6) is 0 Å². The van der Waals surface area contributed by atoms with Gasteiger partial charge in [-0.15, -0.1) is 0 Å². The molecule has 3 unspecified atom stereocenters. The van der Waals surface area contributed by atoms with Gasteiger partial charge in [-0.3, -0.25) is 4.90 Å². The fourth-order valence-corrected chi connectivity index (χ4v) is 2.96. The normalized spacial score (nSPS) is 31.1. The number of hydrogen-bond donors (Lipinski definition) is 1. The van der Waals surface area contributed by atoms with Gasteiger partial charge in [0, 0.05) is 19.1 Å². The van der Waals surface area contributed by atoms with E-state index < -0.39 is 0 Å². The summed E-state index contributed by atoms with van der Waals surface area (Å²) in [6, 6.07) is 0.445. The molecule has 1 aliphatic heterocycles. The van der Waals surface area contributed by atoms with Gasteiger partial charge in [0.05, 0.1) is 12.2 Å². The van der Waals surface area contributed by atoms with E-state index in [2.05, 4.69) is 18.7 Å². The van der Waals surface area contributed by atoms with Crippen molar-refractivity contribution in [3.05, 3.63) is 0 Å². The third-order valence-corrected chi connectivity index (χ3v) is 4.10. The van der Waals surface area contributed by atoms with Crippen LogP contribution in [0.4, 0.5) is 0 Å². The third-order valence-electron chi connectivity index (χ3n) is 4.10. The van der Waals surface area contributed by atoms with Gasteiger partial charge in [0.1, 0.15) is 0 Å². The van der Waals surface area contributed by atoms with Crippen molar-refractivity contribution in [3.63, 3.8) is 0 Å². The van der Waals surface area contributed by atoms with Crippen molar-refractivity contribution in [2.24, 2.45) is 11.7 Å². The Morgan fingerprint density at radius 1 is 1.29 bits per heavy atom. The zero-order valence-corrected chi connectivity index (χ0v) is 11.4. The van der Waals surface area contributed by atoms with Crippen LogP contribution in [0.15, 0.2) is 0 Å². The van der Waals surface area contributed by atoms with E-state index in [-0.39, 0.29) is 0 Å². The van der Waals surface area contributed by atoms with E-state index in [1.165, 1.54) is 45.2 Å². The Balaban J connectivity index is 1.91. The highest BCUT2D eigenvalue weighted by molar-refractivity contribution is 4.88. The molecule has 1 saturated carbocycles. The Bertz CT molecular complexity index is 230. The Hall–Kier alpha value is -0.120. The zero-order valence-electron chi connectivity index (χ0n) is 11.4. The van der Waals surface area contributed by atoms with Gasteiger partial charge < -0.3 is 10.5 Å². The van der Waals surface area contributed by atoms with Crippen LogP contribution in [-0.4, -0.2) is 42.8 Å². The lowest BCUT2D eigenvalue weighted by Gasteiger charge is -2.34. The van der Waals surface area contributed by atoms with Crippen LogP contribution in [0.1, 0.15) is 46.0 Å². The van der Waals surface area contributed by atoms with Crippen molar-refractivity contribution in [1.29, 1.82) is 0 Å². The van der Waals surface area contributed by atoms with Crippen LogP contribution < -0.4 is 5.73 Å². The molecule has 2 aliphatic rings. The Morgan fingerprint density at radius 3 is 2.53 bits per heavy atom. The predicted molar refractivity (Wildman–Crippen MR) is 71.0 cm³/mol. The average Bonchev–Trinajstić information content (AvgIpc) is 3.02. The summed E-state index contributed by atoms with van der Waals surface area (Å²) < 4.78 is 6.02. The summed E-state index contributed by atoms with van der Waals surface area (Å²) in [6.07, 6.45) is 7.24. The van der Waals surface area contributed by atoms with Crippen LogP contribution in [0, 0.1) is 5.92 Å². The molecule has 2 rings (SSSR count). The second-order valence-corrected chi connectivity index (χ2v) is 5.80. The smallest absolute Gasteiger partial charge is 0.0747 e. The van der Waals surface area contributed by atoms with Gasteiger partial charge in [0.25, 0.3) is 0 Å². The fourth-order valence-electron chi connectivity index (χ4n) is 2.96. The molecule has 0 aromatic carbocycles. The van der Waals surface area contributed by atoms with Gasteiger partial charge >= 0.3 is 0 Å². The first-order valence-electron chi connectivity index (χ1n) is 7.34. The molecule has 3 atom stereocenters. The standard InChI is InChI=1S/C14H28N2O/c1-3-8-16(10-12-5-6-12)13(9-15)14-7-4-11(2)17-14/h11-14H,3-10,15H2,1-2H3. The van der Waals surface area contributed by atoms with Crippen LogP contribution in [0.25, 0.3) is 0 Å². The summed E-state index contributed by atoms with van der Waals surface area (Å²) in [5.41, 5.74) is 6.00. The summed E-state index contributed by atoms with van der Waals surface area (Å²) in [7, 11) is 0. The lowest BCUT2D eigenvalue weighted by molar-refractivity contribution is -0.00568. The maximum absolute atomic E-state index is 6.02. The molecule has 1 saturated heterocycles. The number of nitrogens with two attached hydrogens (primary N) is 1. The molecule has 0 amide bonds. The van der Waals surface area contributed by atoms with Crippen molar-refractivity contribution in [2.75, 3.05) is 19.6 Å². The second kappa shape index (κ2) is 6.17. The van der Waals surface area contributed by atoms with Crippen molar-refractivity contribution >= 4 is 0 Å². The lowest BCUT2D eigenvalue weighted by atomic mass is 10.0. The molecule has 0 aromatic rings. The summed E-state index contributed by atoms with van der Waals surface area (Å²) in [5.74, 6) is 0.939. The first-order valence-corrected chi connectivity index (χ1v) is 7.34. The second-order valence-electron chi connectivity index (χ2n) is 5.80. The van der Waals surface area contributed by atoms with Gasteiger partial charge in [-0.1, -0.05) is 6.92 Å².